The quantitative estimate of drug-likeness (QED) is 0.0999. The van der Waals surface area contributed by atoms with Crippen molar-refractivity contribution in [3.8, 4) is 33.4 Å². The second kappa shape index (κ2) is 16.3. The van der Waals surface area contributed by atoms with Crippen LogP contribution >= 0.6 is 6.60 Å². The van der Waals surface area contributed by atoms with Crippen LogP contribution in [0.3, 0.4) is 0 Å². The van der Waals surface area contributed by atoms with E-state index in [0.29, 0.717) is 0 Å². The van der Waals surface area contributed by atoms with Gasteiger partial charge in [0, 0.05) is 0 Å². The Bertz CT molecular complexity index is 2010. The van der Waals surface area contributed by atoms with Crippen LogP contribution in [-0.2, 0) is 0 Å². The largest absolute Gasteiger partial charge is 0.631 e. The van der Waals surface area contributed by atoms with E-state index in [2.05, 4.69) is 201 Å². The van der Waals surface area contributed by atoms with E-state index in [1.165, 1.54) is 54.6 Å². The first-order chi connectivity index (χ1) is 25.0. The van der Waals surface area contributed by atoms with Crippen molar-refractivity contribution in [2.24, 2.45) is 0 Å². The van der Waals surface area contributed by atoms with Crippen LogP contribution in [-0.4, -0.2) is 28.6 Å². The van der Waals surface area contributed by atoms with Gasteiger partial charge in [-0.05, 0) is 0 Å². The van der Waals surface area contributed by atoms with Gasteiger partial charge in [-0.2, -0.15) is 0 Å². The molecule has 0 amide bonds. The molecule has 0 aliphatic heterocycles. The maximum absolute atomic E-state index is 7.17. The third-order valence-electron chi connectivity index (χ3n) is 9.86. The number of rotatable bonds is 10. The van der Waals surface area contributed by atoms with Gasteiger partial charge in [0.15, 0.2) is 0 Å². The summed E-state index contributed by atoms with van der Waals surface area (Å²) in [6.45, 7) is -1.10. The third-order valence-corrected chi connectivity index (χ3v) is 16.8. The molecule has 254 valence electrons. The molecule has 0 saturated carbocycles. The van der Waals surface area contributed by atoms with Crippen molar-refractivity contribution in [3.63, 3.8) is 0 Å². The van der Waals surface area contributed by atoms with Gasteiger partial charge in [-0.1, -0.05) is 0 Å². The van der Waals surface area contributed by atoms with Gasteiger partial charge in [0.25, 0.3) is 0 Å². The Hall–Kier alpha value is -5.09. The Balaban J connectivity index is 0.00000107. The van der Waals surface area contributed by atoms with E-state index < -0.39 is 13.9 Å². The first-order valence-electron chi connectivity index (χ1n) is 17.6. The number of unbranched alkanes of at least 4 members (excludes halogenated alkanes) is 1. The maximum Gasteiger partial charge on any atom is 0.631 e. The molecule has 0 aliphatic carbocycles. The van der Waals surface area contributed by atoms with Crippen LogP contribution in [0.15, 0.2) is 194 Å². The van der Waals surface area contributed by atoms with Crippen LogP contribution in [0.5, 0.6) is 0 Å². The van der Waals surface area contributed by atoms with E-state index in [0.717, 1.165) is 19.0 Å². The van der Waals surface area contributed by atoms with Gasteiger partial charge >= 0.3 is 289 Å². The maximum atomic E-state index is 7.17. The monoisotopic (exact) mass is 686 g/mol. The Morgan fingerprint density at radius 2 is 0.745 bits per heavy atom. The molecule has 0 fully saturated rings. The molecule has 0 aromatic heterocycles. The zero-order valence-corrected chi connectivity index (χ0v) is 29.9. The summed E-state index contributed by atoms with van der Waals surface area (Å²) < 4.78 is 0. The van der Waals surface area contributed by atoms with Crippen molar-refractivity contribution < 1.29 is 15.1 Å². The van der Waals surface area contributed by atoms with Gasteiger partial charge in [0.05, 0.1) is 0 Å². The van der Waals surface area contributed by atoms with Crippen molar-refractivity contribution in [1.82, 2.24) is 0 Å². The van der Waals surface area contributed by atoms with E-state index in [1.807, 2.05) is 0 Å². The molecule has 7 aromatic rings. The Morgan fingerprint density at radius 1 is 0.412 bits per heavy atom. The molecule has 5 heteroatoms. The molecule has 0 spiro atoms. The fourth-order valence-corrected chi connectivity index (χ4v) is 15.1. The average molecular weight is 687 g/mol. The second-order valence-corrected chi connectivity index (χ2v) is 17.8. The van der Waals surface area contributed by atoms with E-state index in [-0.39, 0.29) is 0 Å². The van der Waals surface area contributed by atoms with Crippen molar-refractivity contribution in [3.05, 3.63) is 194 Å². The smallest absolute Gasteiger partial charge is 0.402 e. The molecular weight excluding hydrogens is 642 g/mol. The Labute approximate surface area is 302 Å². The van der Waals surface area contributed by atoms with Gasteiger partial charge in [0.1, 0.15) is 0 Å². The van der Waals surface area contributed by atoms with Crippen LogP contribution in [0.25, 0.3) is 33.4 Å². The van der Waals surface area contributed by atoms with Crippen molar-refractivity contribution in [1.29, 1.82) is 0 Å². The van der Waals surface area contributed by atoms with Gasteiger partial charge < -0.3 is 15.1 Å². The topological polar surface area (TPSA) is 60.7 Å². The van der Waals surface area contributed by atoms with Gasteiger partial charge in [-0.3, -0.25) is 0 Å². The summed E-state index contributed by atoms with van der Waals surface area (Å²) in [7, 11) is -2.17. The standard InChI is InChI=1S/C46H41P.BH3O3/c1-2-3-36-47(40-28-16-7-17-29-40,41-30-18-8-19-31-41,42-32-20-9-21-33-42)44-35-34-43(37-22-10-4-11-23-37)45(38-24-12-5-13-25-38)46(44)39-26-14-6-15-27-39;2-1(3)4/h4-35H,2-3,36H2,1H3;2-4H. The summed E-state index contributed by atoms with van der Waals surface area (Å²) >= 11 is 0. The Morgan fingerprint density at radius 3 is 1.12 bits per heavy atom. The van der Waals surface area contributed by atoms with E-state index >= 15 is 0 Å². The van der Waals surface area contributed by atoms with Gasteiger partial charge in [0.2, 0.25) is 0 Å². The molecule has 3 N–H and O–H groups in total. The van der Waals surface area contributed by atoms with Gasteiger partial charge in [-0.25, -0.2) is 0 Å². The minimum absolute atomic E-state index is 1.04. The molecule has 0 radical (unpaired) electrons. The predicted molar refractivity (Wildman–Crippen MR) is 220 cm³/mol. The fraction of sp³-hybridized carbons (Fsp3) is 0.0870. The molecule has 7 rings (SSSR count). The zero-order valence-electron chi connectivity index (χ0n) is 29.0. The predicted octanol–water partition coefficient (Wildman–Crippen LogP) is 8.59. The van der Waals surface area contributed by atoms with Crippen LogP contribution in [0.4, 0.5) is 0 Å². The molecule has 51 heavy (non-hydrogen) atoms. The van der Waals surface area contributed by atoms with E-state index in [4.69, 9.17) is 15.1 Å². The fourth-order valence-electron chi connectivity index (χ4n) is 7.78. The van der Waals surface area contributed by atoms with Crippen LogP contribution < -0.4 is 21.2 Å². The minimum atomic E-state index is -3.43. The summed E-state index contributed by atoms with van der Waals surface area (Å²) in [5, 5.41) is 27.2. The second-order valence-electron chi connectivity index (χ2n) is 12.7. The summed E-state index contributed by atoms with van der Waals surface area (Å²) in [6.07, 6.45) is 3.25. The van der Waals surface area contributed by atoms with Crippen LogP contribution in [0, 0.1) is 0 Å². The molecule has 0 aliphatic rings. The minimum Gasteiger partial charge on any atom is -0.402 e. The van der Waals surface area contributed by atoms with E-state index in [9.17, 15) is 0 Å². The molecule has 0 saturated heterocycles. The normalized spacial score (nSPS) is 11.8. The molecule has 0 heterocycles. The van der Waals surface area contributed by atoms with Crippen LogP contribution in [0.2, 0.25) is 0 Å². The van der Waals surface area contributed by atoms with E-state index in [1.54, 1.807) is 0 Å². The van der Waals surface area contributed by atoms with Crippen molar-refractivity contribution in [2.75, 3.05) is 6.16 Å². The first-order valence-corrected chi connectivity index (χ1v) is 20.0. The molecule has 0 atom stereocenters. The SMILES string of the molecule is CCCCP(c1ccccc1)(c1ccccc1)(c1ccccc1)c1ccc(-c2ccccc2)c(-c2ccccc2)c1-c1ccccc1.OB(O)O. The summed E-state index contributed by atoms with van der Waals surface area (Å²) in [5.41, 5.74) is 7.56. The molecule has 7 aromatic carbocycles. The summed E-state index contributed by atoms with van der Waals surface area (Å²) in [6, 6.07) is 72.4. The summed E-state index contributed by atoms with van der Waals surface area (Å²) in [4.78, 5) is 0. The number of benzene rings is 7. The molecule has 3 nitrogen and oxygen atoms in total. The summed E-state index contributed by atoms with van der Waals surface area (Å²) in [5.74, 6) is 0. The third kappa shape index (κ3) is 6.85. The number of hydrogen-bond donors (Lipinski definition) is 3. The van der Waals surface area contributed by atoms with Crippen molar-refractivity contribution in [2.45, 2.75) is 19.8 Å². The number of hydrogen-bond acceptors (Lipinski definition) is 3. The molecule has 0 bridgehead atoms. The Kier molecular flexibility index (Phi) is 11.4. The average Bonchev–Trinajstić information content (AvgIpc) is 3.20. The zero-order chi connectivity index (χ0) is 35.5. The van der Waals surface area contributed by atoms with Gasteiger partial charge in [-0.15, -0.1) is 0 Å². The molecular formula is C46H44BO3P. The van der Waals surface area contributed by atoms with Crippen molar-refractivity contribution >= 4 is 35.1 Å². The van der Waals surface area contributed by atoms with Crippen LogP contribution in [0.1, 0.15) is 19.8 Å². The first kappa shape index (κ1) is 35.7. The molecule has 0 unspecified atom stereocenters.